The zero-order valence-corrected chi connectivity index (χ0v) is 11.6. The van der Waals surface area contributed by atoms with Gasteiger partial charge in [-0.05, 0) is 12.5 Å². The molecule has 0 spiro atoms. The Labute approximate surface area is 125 Å². The molecule has 0 saturated heterocycles. The first-order valence-electron chi connectivity index (χ1n) is 6.32. The highest BCUT2D eigenvalue weighted by Crippen LogP contribution is 2.14. The van der Waals surface area contributed by atoms with Gasteiger partial charge in [-0.2, -0.15) is 10.5 Å². The van der Waals surface area contributed by atoms with E-state index in [1.807, 2.05) is 6.07 Å². The van der Waals surface area contributed by atoms with Crippen LogP contribution in [0.4, 0.5) is 11.6 Å². The van der Waals surface area contributed by atoms with Crippen LogP contribution < -0.4 is 21.6 Å². The fourth-order valence-electron chi connectivity index (χ4n) is 1.79. The van der Waals surface area contributed by atoms with Crippen molar-refractivity contribution in [1.82, 2.24) is 15.4 Å². The number of rotatable bonds is 5. The molecule has 22 heavy (non-hydrogen) atoms. The number of nitrogens with one attached hydrogen (secondary N) is 4. The zero-order valence-electron chi connectivity index (χ0n) is 11.6. The number of aromatic nitrogens is 2. The molecule has 2 aromatic rings. The highest BCUT2D eigenvalue weighted by atomic mass is 16.8. The van der Waals surface area contributed by atoms with Crippen LogP contribution in [0.5, 0.6) is 0 Å². The van der Waals surface area contributed by atoms with Crippen molar-refractivity contribution in [3.8, 4) is 6.07 Å². The van der Waals surface area contributed by atoms with Crippen LogP contribution >= 0.6 is 0 Å². The Kier molecular flexibility index (Phi) is 4.82. The van der Waals surface area contributed by atoms with Gasteiger partial charge in [0, 0.05) is 23.9 Å². The van der Waals surface area contributed by atoms with E-state index in [2.05, 4.69) is 20.8 Å². The molecule has 1 aromatic carbocycles. The summed E-state index contributed by atoms with van der Waals surface area (Å²) in [6.07, 6.45) is 0. The molecule has 9 heteroatoms. The molecule has 1 heterocycles. The lowest BCUT2D eigenvalue weighted by molar-refractivity contribution is -0.991. The van der Waals surface area contributed by atoms with Gasteiger partial charge in [-0.1, -0.05) is 12.1 Å². The van der Waals surface area contributed by atoms with E-state index in [-0.39, 0.29) is 17.2 Å². The van der Waals surface area contributed by atoms with E-state index in [4.69, 9.17) is 5.21 Å². The summed E-state index contributed by atoms with van der Waals surface area (Å²) in [4.78, 5) is 17.8. The van der Waals surface area contributed by atoms with E-state index in [0.29, 0.717) is 11.3 Å². The Morgan fingerprint density at radius 3 is 2.68 bits per heavy atom. The first-order chi connectivity index (χ1) is 10.5. The number of hydrogen-bond acceptors (Lipinski definition) is 7. The van der Waals surface area contributed by atoms with Crippen molar-refractivity contribution >= 4 is 11.6 Å². The van der Waals surface area contributed by atoms with E-state index in [1.165, 1.54) is 18.2 Å². The van der Waals surface area contributed by atoms with Gasteiger partial charge in [0.1, 0.15) is 6.04 Å². The third kappa shape index (κ3) is 3.87. The largest absolute Gasteiger partial charge is 0.595 e. The lowest BCUT2D eigenvalue weighted by Crippen LogP contribution is -2.99. The van der Waals surface area contributed by atoms with Crippen LogP contribution in [0.1, 0.15) is 17.3 Å². The van der Waals surface area contributed by atoms with E-state index in [0.717, 1.165) is 0 Å². The third-order valence-electron chi connectivity index (χ3n) is 2.82. The molecule has 2 rings (SSSR count). The second-order valence-electron chi connectivity index (χ2n) is 4.49. The Morgan fingerprint density at radius 1 is 1.45 bits per heavy atom. The summed E-state index contributed by atoms with van der Waals surface area (Å²) in [6.45, 7) is 1.67. The van der Waals surface area contributed by atoms with Crippen molar-refractivity contribution < 1.29 is 10.4 Å². The predicted molar refractivity (Wildman–Crippen MR) is 76.9 cm³/mol. The average Bonchev–Trinajstić information content (AvgIpc) is 2.47. The van der Waals surface area contributed by atoms with Gasteiger partial charge in [0.15, 0.2) is 5.69 Å². The maximum atomic E-state index is 11.3. The van der Waals surface area contributed by atoms with E-state index in [9.17, 15) is 15.3 Å². The van der Waals surface area contributed by atoms with Gasteiger partial charge in [-0.25, -0.2) is 15.6 Å². The van der Waals surface area contributed by atoms with Crippen LogP contribution in [-0.2, 0) is 0 Å². The molecule has 0 fully saturated rings. The number of hydrogen-bond donors (Lipinski definition) is 5. The number of aromatic amines is 1. The molecule has 2 unspecified atom stereocenters. The smallest absolute Gasteiger partial charge is 0.252 e. The fourth-order valence-corrected chi connectivity index (χ4v) is 1.79. The Balaban J connectivity index is 2.09. The molecule has 114 valence electrons. The average molecular weight is 302 g/mol. The Bertz CT molecular complexity index is 735. The van der Waals surface area contributed by atoms with Crippen LogP contribution in [0.25, 0.3) is 0 Å². The van der Waals surface area contributed by atoms with Gasteiger partial charge in [0.25, 0.3) is 5.56 Å². The molecule has 5 N–H and O–H groups in total. The van der Waals surface area contributed by atoms with Crippen LogP contribution in [0, 0.1) is 23.5 Å². The van der Waals surface area contributed by atoms with Crippen molar-refractivity contribution in [1.29, 1.82) is 5.26 Å². The van der Waals surface area contributed by atoms with Crippen LogP contribution in [0.2, 0.25) is 0 Å². The van der Waals surface area contributed by atoms with E-state index >= 15 is 0 Å². The van der Waals surface area contributed by atoms with Crippen molar-refractivity contribution in [2.24, 2.45) is 0 Å². The molecular weight excluding hydrogens is 288 g/mol. The fraction of sp³-hybridized carbons (Fsp3) is 0.154. The first-order valence-corrected chi connectivity index (χ1v) is 6.32. The molecule has 0 aliphatic rings. The van der Waals surface area contributed by atoms with Crippen molar-refractivity contribution in [3.05, 3.63) is 57.2 Å². The number of anilines is 1. The summed E-state index contributed by atoms with van der Waals surface area (Å²) >= 11 is 0. The standard InChI is InChI=1S/C13H14N6O3/c1-8-6-12(20)16-13(15-8)18-17-11(7-14)9-2-4-10(5-3-9)19(21)22/h2-6,11,17,19,21H,1H3,(H2,15,16,18,20). The third-order valence-corrected chi connectivity index (χ3v) is 2.82. The molecule has 0 aliphatic carbocycles. The van der Waals surface area contributed by atoms with Crippen LogP contribution in [0.15, 0.2) is 35.1 Å². The van der Waals surface area contributed by atoms with E-state index < -0.39 is 11.3 Å². The van der Waals surface area contributed by atoms with Gasteiger partial charge in [-0.3, -0.25) is 15.2 Å². The maximum Gasteiger partial charge on any atom is 0.252 e. The molecule has 2 atom stereocenters. The van der Waals surface area contributed by atoms with Gasteiger partial charge in [0.2, 0.25) is 5.95 Å². The number of quaternary nitrogens is 1. The summed E-state index contributed by atoms with van der Waals surface area (Å²) in [5, 5.41) is 27.8. The number of H-pyrrole nitrogens is 1. The molecule has 1 aromatic heterocycles. The number of nitrogens with zero attached hydrogens (tertiary/aromatic N) is 2. The second kappa shape index (κ2) is 6.79. The van der Waals surface area contributed by atoms with Crippen LogP contribution in [0.3, 0.4) is 0 Å². The number of hydrazine groups is 1. The Morgan fingerprint density at radius 2 is 2.14 bits per heavy atom. The van der Waals surface area contributed by atoms with Gasteiger partial charge >= 0.3 is 0 Å². The summed E-state index contributed by atoms with van der Waals surface area (Å²) in [5.74, 6) is 0.187. The van der Waals surface area contributed by atoms with E-state index in [1.54, 1.807) is 19.1 Å². The zero-order chi connectivity index (χ0) is 16.1. The monoisotopic (exact) mass is 302 g/mol. The Hall–Kier alpha value is -2.77. The lowest BCUT2D eigenvalue weighted by atomic mass is 10.1. The summed E-state index contributed by atoms with van der Waals surface area (Å²) in [7, 11) is 0. The summed E-state index contributed by atoms with van der Waals surface area (Å²) in [5.41, 5.74) is 6.31. The van der Waals surface area contributed by atoms with Crippen molar-refractivity contribution in [2.75, 3.05) is 5.43 Å². The molecule has 0 saturated carbocycles. The number of nitriles is 1. The quantitative estimate of drug-likeness (QED) is 0.476. The van der Waals surface area contributed by atoms with Gasteiger partial charge in [-0.15, -0.1) is 0 Å². The minimum Gasteiger partial charge on any atom is -0.595 e. The molecule has 0 amide bonds. The molecule has 0 radical (unpaired) electrons. The normalized spacial score (nSPS) is 13.2. The SMILES string of the molecule is Cc1cc(=O)[nH]c(NNC(C#N)c2ccc([NH+]([O-])O)cc2)n1. The highest BCUT2D eigenvalue weighted by Gasteiger charge is 2.11. The summed E-state index contributed by atoms with van der Waals surface area (Å²) in [6, 6.07) is 8.54. The van der Waals surface area contributed by atoms with Crippen molar-refractivity contribution in [2.45, 2.75) is 13.0 Å². The molecular formula is C13H14N6O3. The number of aryl methyl sites for hydroxylation is 1. The highest BCUT2D eigenvalue weighted by molar-refractivity contribution is 5.36. The molecule has 0 bridgehead atoms. The van der Waals surface area contributed by atoms with Crippen LogP contribution in [-0.4, -0.2) is 15.2 Å². The minimum atomic E-state index is -1.03. The second-order valence-corrected chi connectivity index (χ2v) is 4.49. The molecule has 0 aliphatic heterocycles. The molecule has 9 nitrogen and oxygen atoms in total. The topological polar surface area (TPSA) is 141 Å². The number of benzene rings is 1. The first kappa shape index (κ1) is 15.6. The predicted octanol–water partition coefficient (Wildman–Crippen LogP) is -0.337. The van der Waals surface area contributed by atoms with Gasteiger partial charge < -0.3 is 5.21 Å². The van der Waals surface area contributed by atoms with Gasteiger partial charge in [0.05, 0.1) is 6.07 Å². The maximum absolute atomic E-state index is 11.3. The van der Waals surface area contributed by atoms with Crippen molar-refractivity contribution in [3.63, 3.8) is 0 Å². The summed E-state index contributed by atoms with van der Waals surface area (Å²) < 4.78 is 0. The minimum absolute atomic E-state index is 0.137. The lowest BCUT2D eigenvalue weighted by Gasteiger charge is -2.15.